The molecule has 2 aromatic rings. The van der Waals surface area contributed by atoms with E-state index in [9.17, 15) is 14.4 Å². The van der Waals surface area contributed by atoms with E-state index in [1.807, 2.05) is 62.4 Å². The van der Waals surface area contributed by atoms with E-state index in [-0.39, 0.29) is 37.0 Å². The third-order valence-electron chi connectivity index (χ3n) is 4.85. The highest BCUT2D eigenvalue weighted by molar-refractivity contribution is 5.99. The molecule has 0 aliphatic carbocycles. The average Bonchev–Trinajstić information content (AvgIpc) is 2.73. The van der Waals surface area contributed by atoms with E-state index in [2.05, 4.69) is 12.2 Å². The lowest BCUT2D eigenvalue weighted by atomic mass is 10.0. The van der Waals surface area contributed by atoms with Gasteiger partial charge in [0.05, 0.1) is 6.54 Å². The minimum atomic E-state index is -0.234. The molecule has 0 unspecified atom stereocenters. The van der Waals surface area contributed by atoms with Crippen LogP contribution in [-0.4, -0.2) is 35.6 Å². The molecule has 0 saturated heterocycles. The van der Waals surface area contributed by atoms with Crippen LogP contribution in [0.3, 0.4) is 0 Å². The number of carbonyl (C=O) groups excluding carboxylic acids is 3. The zero-order valence-corrected chi connectivity index (χ0v) is 17.5. The van der Waals surface area contributed by atoms with Gasteiger partial charge in [0, 0.05) is 30.6 Å². The van der Waals surface area contributed by atoms with Crippen LogP contribution >= 0.6 is 0 Å². The Morgan fingerprint density at radius 2 is 1.62 bits per heavy atom. The first-order valence-electron chi connectivity index (χ1n) is 10.2. The van der Waals surface area contributed by atoms with Crippen molar-refractivity contribution in [3.8, 4) is 0 Å². The van der Waals surface area contributed by atoms with Crippen LogP contribution in [0.4, 0.5) is 5.69 Å². The van der Waals surface area contributed by atoms with Crippen LogP contribution in [0.15, 0.2) is 48.5 Å². The number of ketones is 1. The molecule has 0 bridgehead atoms. The third kappa shape index (κ3) is 6.86. The topological polar surface area (TPSA) is 66.5 Å². The summed E-state index contributed by atoms with van der Waals surface area (Å²) in [6, 6.07) is 15.0. The van der Waals surface area contributed by atoms with Crippen LogP contribution in [0.2, 0.25) is 0 Å². The molecule has 0 heterocycles. The predicted octanol–water partition coefficient (Wildman–Crippen LogP) is 4.40. The highest BCUT2D eigenvalue weighted by Crippen LogP contribution is 2.14. The lowest BCUT2D eigenvalue weighted by Crippen LogP contribution is -2.38. The van der Waals surface area contributed by atoms with Gasteiger partial charge in [0.25, 0.3) is 0 Å². The van der Waals surface area contributed by atoms with Crippen LogP contribution in [0.1, 0.15) is 54.6 Å². The van der Waals surface area contributed by atoms with Gasteiger partial charge in [-0.3, -0.25) is 14.4 Å². The zero-order valence-electron chi connectivity index (χ0n) is 17.5. The third-order valence-corrected chi connectivity index (χ3v) is 4.85. The molecule has 0 spiro atoms. The molecule has 5 heteroatoms. The SMILES string of the molecule is CCCN(CC(=O)Nc1ccccc1C)C(=O)CCC(=O)c1ccc(CC)cc1. The summed E-state index contributed by atoms with van der Waals surface area (Å²) in [5, 5.41) is 2.86. The lowest BCUT2D eigenvalue weighted by molar-refractivity contribution is -0.134. The van der Waals surface area contributed by atoms with E-state index < -0.39 is 0 Å². The Morgan fingerprint density at radius 3 is 2.24 bits per heavy atom. The second-order valence-electron chi connectivity index (χ2n) is 7.15. The molecule has 1 N–H and O–H groups in total. The van der Waals surface area contributed by atoms with Crippen molar-refractivity contribution in [2.45, 2.75) is 46.5 Å². The monoisotopic (exact) mass is 394 g/mol. The molecule has 0 aromatic heterocycles. The standard InChI is InChI=1S/C24H30N2O3/c1-4-16-26(17-23(28)25-21-9-7-6-8-18(21)3)24(29)15-14-22(27)20-12-10-19(5-2)11-13-20/h6-13H,4-5,14-17H2,1-3H3,(H,25,28). The number of hydrogen-bond donors (Lipinski definition) is 1. The van der Waals surface area contributed by atoms with Crippen molar-refractivity contribution in [2.24, 2.45) is 0 Å². The molecule has 5 nitrogen and oxygen atoms in total. The molecule has 2 amide bonds. The summed E-state index contributed by atoms with van der Waals surface area (Å²) in [7, 11) is 0. The second-order valence-corrected chi connectivity index (χ2v) is 7.15. The molecule has 2 aromatic carbocycles. The molecule has 154 valence electrons. The number of nitrogens with zero attached hydrogens (tertiary/aromatic N) is 1. The number of hydrogen-bond acceptors (Lipinski definition) is 3. The van der Waals surface area contributed by atoms with Crippen LogP contribution in [0.5, 0.6) is 0 Å². The Labute approximate surface area is 173 Å². The number of para-hydroxylation sites is 1. The Hall–Kier alpha value is -2.95. The van der Waals surface area contributed by atoms with Crippen molar-refractivity contribution in [3.05, 3.63) is 65.2 Å². The maximum atomic E-state index is 12.6. The first kappa shape index (κ1) is 22.3. The van der Waals surface area contributed by atoms with Gasteiger partial charge in [-0.15, -0.1) is 0 Å². The van der Waals surface area contributed by atoms with E-state index >= 15 is 0 Å². The van der Waals surface area contributed by atoms with E-state index in [1.165, 1.54) is 10.5 Å². The van der Waals surface area contributed by atoms with Crippen molar-refractivity contribution in [1.82, 2.24) is 4.90 Å². The van der Waals surface area contributed by atoms with Gasteiger partial charge in [-0.25, -0.2) is 0 Å². The van der Waals surface area contributed by atoms with Gasteiger partial charge in [0.2, 0.25) is 11.8 Å². The molecule has 29 heavy (non-hydrogen) atoms. The molecule has 0 aliphatic heterocycles. The zero-order chi connectivity index (χ0) is 21.2. The Kier molecular flexibility index (Phi) is 8.59. The maximum Gasteiger partial charge on any atom is 0.244 e. The Bertz CT molecular complexity index is 843. The highest BCUT2D eigenvalue weighted by atomic mass is 16.2. The fourth-order valence-corrected chi connectivity index (χ4v) is 3.09. The lowest BCUT2D eigenvalue weighted by Gasteiger charge is -2.22. The number of amides is 2. The normalized spacial score (nSPS) is 10.4. The molecule has 0 fully saturated rings. The number of nitrogens with one attached hydrogen (secondary N) is 1. The molecule has 0 aliphatic rings. The maximum absolute atomic E-state index is 12.6. The van der Waals surface area contributed by atoms with Gasteiger partial charge in [-0.05, 0) is 37.0 Å². The van der Waals surface area contributed by atoms with Crippen LogP contribution in [0, 0.1) is 6.92 Å². The van der Waals surface area contributed by atoms with Crippen LogP contribution in [-0.2, 0) is 16.0 Å². The first-order valence-corrected chi connectivity index (χ1v) is 10.2. The molecule has 0 radical (unpaired) electrons. The molecule has 0 saturated carbocycles. The largest absolute Gasteiger partial charge is 0.333 e. The number of benzene rings is 2. The summed E-state index contributed by atoms with van der Waals surface area (Å²) >= 11 is 0. The number of aryl methyl sites for hydroxylation is 2. The van der Waals surface area contributed by atoms with Crippen molar-refractivity contribution >= 4 is 23.3 Å². The van der Waals surface area contributed by atoms with Gasteiger partial charge in [0.1, 0.15) is 0 Å². The van der Waals surface area contributed by atoms with Crippen molar-refractivity contribution in [3.63, 3.8) is 0 Å². The van der Waals surface area contributed by atoms with Gasteiger partial charge in [-0.2, -0.15) is 0 Å². The fraction of sp³-hybridized carbons (Fsp3) is 0.375. The number of rotatable bonds is 10. The quantitative estimate of drug-likeness (QED) is 0.608. The summed E-state index contributed by atoms with van der Waals surface area (Å²) in [5.74, 6) is -0.463. The van der Waals surface area contributed by atoms with Gasteiger partial charge >= 0.3 is 0 Å². The fourth-order valence-electron chi connectivity index (χ4n) is 3.09. The van der Waals surface area contributed by atoms with Gasteiger partial charge < -0.3 is 10.2 Å². The number of carbonyl (C=O) groups is 3. The average molecular weight is 395 g/mol. The van der Waals surface area contributed by atoms with Crippen molar-refractivity contribution in [2.75, 3.05) is 18.4 Å². The minimum Gasteiger partial charge on any atom is -0.333 e. The van der Waals surface area contributed by atoms with Gasteiger partial charge in [0.15, 0.2) is 5.78 Å². The Morgan fingerprint density at radius 1 is 0.931 bits per heavy atom. The summed E-state index contributed by atoms with van der Waals surface area (Å²) in [6.45, 7) is 6.41. The smallest absolute Gasteiger partial charge is 0.244 e. The molecule has 0 atom stereocenters. The summed E-state index contributed by atoms with van der Waals surface area (Å²) < 4.78 is 0. The van der Waals surface area contributed by atoms with E-state index in [4.69, 9.17) is 0 Å². The van der Waals surface area contributed by atoms with E-state index in [0.29, 0.717) is 12.1 Å². The number of Topliss-reactive ketones (excluding diaryl/α,β-unsaturated/α-hetero) is 1. The van der Waals surface area contributed by atoms with Crippen molar-refractivity contribution < 1.29 is 14.4 Å². The summed E-state index contributed by atoms with van der Waals surface area (Å²) in [4.78, 5) is 38.9. The second kappa shape index (κ2) is 11.1. The molecule has 2 rings (SSSR count). The van der Waals surface area contributed by atoms with Gasteiger partial charge in [-0.1, -0.05) is 56.3 Å². The summed E-state index contributed by atoms with van der Waals surface area (Å²) in [6.07, 6.45) is 1.91. The van der Waals surface area contributed by atoms with Crippen molar-refractivity contribution in [1.29, 1.82) is 0 Å². The minimum absolute atomic E-state index is 0.0135. The predicted molar refractivity (Wildman–Crippen MR) is 116 cm³/mol. The molecular formula is C24H30N2O3. The van der Waals surface area contributed by atoms with E-state index in [1.54, 1.807) is 0 Å². The highest BCUT2D eigenvalue weighted by Gasteiger charge is 2.18. The van der Waals surface area contributed by atoms with Crippen LogP contribution < -0.4 is 5.32 Å². The Balaban J connectivity index is 1.91. The van der Waals surface area contributed by atoms with E-state index in [0.717, 1.165) is 24.1 Å². The first-order chi connectivity index (χ1) is 13.9. The number of anilines is 1. The van der Waals surface area contributed by atoms with Crippen LogP contribution in [0.25, 0.3) is 0 Å². The summed E-state index contributed by atoms with van der Waals surface area (Å²) in [5.41, 5.74) is 3.50. The molecular weight excluding hydrogens is 364 g/mol.